The molecule has 1 N–H and O–H groups in total. The van der Waals surface area contributed by atoms with Crippen molar-refractivity contribution in [2.45, 2.75) is 38.5 Å². The number of rotatable bonds is 6. The van der Waals surface area contributed by atoms with Crippen molar-refractivity contribution in [2.75, 3.05) is 20.6 Å². The lowest BCUT2D eigenvalue weighted by Crippen LogP contribution is -2.25. The van der Waals surface area contributed by atoms with Gasteiger partial charge in [0.15, 0.2) is 0 Å². The van der Waals surface area contributed by atoms with Gasteiger partial charge in [-0.25, -0.2) is 12.7 Å². The Morgan fingerprint density at radius 1 is 1.14 bits per heavy atom. The first-order valence-electron chi connectivity index (χ1n) is 7.35. The topological polar surface area (TPSA) is 66.5 Å². The number of carbonyl (C=O) groups is 1. The molecule has 0 aliphatic carbocycles. The summed E-state index contributed by atoms with van der Waals surface area (Å²) in [5.74, 6) is -0.178. The molecule has 0 aliphatic heterocycles. The molecular formula is C16H26N2O3S. The molecule has 124 valence electrons. The fourth-order valence-electron chi connectivity index (χ4n) is 1.91. The number of amides is 1. The Hall–Kier alpha value is -1.40. The summed E-state index contributed by atoms with van der Waals surface area (Å²) in [6.45, 7) is 7.12. The normalized spacial score (nSPS) is 12.5. The van der Waals surface area contributed by atoms with Crippen LogP contribution in [0.4, 0.5) is 0 Å². The average Bonchev–Trinajstić information content (AvgIpc) is 2.42. The maximum atomic E-state index is 12.0. The van der Waals surface area contributed by atoms with Gasteiger partial charge in [0.2, 0.25) is 10.0 Å². The van der Waals surface area contributed by atoms with Crippen LogP contribution in [0.5, 0.6) is 0 Å². The van der Waals surface area contributed by atoms with Crippen molar-refractivity contribution in [1.82, 2.24) is 9.62 Å². The van der Waals surface area contributed by atoms with Crippen molar-refractivity contribution < 1.29 is 13.2 Å². The molecule has 22 heavy (non-hydrogen) atoms. The van der Waals surface area contributed by atoms with Crippen LogP contribution >= 0.6 is 0 Å². The summed E-state index contributed by atoms with van der Waals surface area (Å²) in [5, 5.41) is 2.85. The molecule has 0 aromatic heterocycles. The van der Waals surface area contributed by atoms with E-state index in [2.05, 4.69) is 26.1 Å². The largest absolute Gasteiger partial charge is 0.352 e. The first-order chi connectivity index (χ1) is 10.0. The number of hydrogen-bond donors (Lipinski definition) is 1. The Labute approximate surface area is 133 Å². The lowest BCUT2D eigenvalue weighted by atomic mass is 9.91. The maximum absolute atomic E-state index is 12.0. The van der Waals surface area contributed by atoms with Crippen molar-refractivity contribution in [2.24, 2.45) is 5.41 Å². The molecule has 1 aromatic carbocycles. The summed E-state index contributed by atoms with van der Waals surface area (Å²) in [6.07, 6.45) is 1.95. The molecule has 0 heterocycles. The van der Waals surface area contributed by atoms with Gasteiger partial charge in [0, 0.05) is 26.2 Å². The standard InChI is InChI=1S/C16H26N2O3S/c1-16(2,3)11-6-12-17-15(19)13-7-9-14(10-8-13)22(20,21)18(4)5/h7-10H,6,11-12H2,1-5H3,(H,17,19). The zero-order chi connectivity index (χ0) is 17.0. The molecule has 0 bridgehead atoms. The van der Waals surface area contributed by atoms with Crippen LogP contribution in [0.25, 0.3) is 0 Å². The summed E-state index contributed by atoms with van der Waals surface area (Å²) >= 11 is 0. The van der Waals surface area contributed by atoms with Crippen molar-refractivity contribution in [3.05, 3.63) is 29.8 Å². The highest BCUT2D eigenvalue weighted by atomic mass is 32.2. The van der Waals surface area contributed by atoms with E-state index in [0.29, 0.717) is 12.1 Å². The molecule has 5 nitrogen and oxygen atoms in total. The molecule has 0 unspecified atom stereocenters. The Morgan fingerprint density at radius 2 is 1.68 bits per heavy atom. The molecule has 0 saturated carbocycles. The molecule has 0 saturated heterocycles. The van der Waals surface area contributed by atoms with Crippen molar-refractivity contribution in [1.29, 1.82) is 0 Å². The van der Waals surface area contributed by atoms with Gasteiger partial charge in [0.25, 0.3) is 5.91 Å². The second kappa shape index (κ2) is 7.24. The van der Waals surface area contributed by atoms with E-state index >= 15 is 0 Å². The minimum absolute atomic E-state index is 0.178. The molecule has 1 amide bonds. The average molecular weight is 326 g/mol. The molecule has 1 aromatic rings. The van der Waals surface area contributed by atoms with Gasteiger partial charge in [0.1, 0.15) is 0 Å². The van der Waals surface area contributed by atoms with Gasteiger partial charge >= 0.3 is 0 Å². The Morgan fingerprint density at radius 3 is 2.14 bits per heavy atom. The van der Waals surface area contributed by atoms with E-state index in [1.54, 1.807) is 0 Å². The van der Waals surface area contributed by atoms with Crippen LogP contribution < -0.4 is 5.32 Å². The minimum atomic E-state index is -3.46. The number of sulfonamides is 1. The van der Waals surface area contributed by atoms with Crippen LogP contribution in [-0.4, -0.2) is 39.3 Å². The molecule has 0 atom stereocenters. The van der Waals surface area contributed by atoms with Crippen LogP contribution in [0.2, 0.25) is 0 Å². The number of benzene rings is 1. The third-order valence-electron chi connectivity index (χ3n) is 3.28. The lowest BCUT2D eigenvalue weighted by Gasteiger charge is -2.17. The zero-order valence-electron chi connectivity index (χ0n) is 14.0. The van der Waals surface area contributed by atoms with Gasteiger partial charge in [-0.2, -0.15) is 0 Å². The fourth-order valence-corrected chi connectivity index (χ4v) is 2.81. The lowest BCUT2D eigenvalue weighted by molar-refractivity contribution is 0.0951. The molecule has 0 aliphatic rings. The Kier molecular flexibility index (Phi) is 6.14. The van der Waals surface area contributed by atoms with Crippen LogP contribution in [0, 0.1) is 5.41 Å². The number of hydrogen-bond acceptors (Lipinski definition) is 3. The van der Waals surface area contributed by atoms with Crippen LogP contribution in [0.1, 0.15) is 44.0 Å². The first kappa shape index (κ1) is 18.6. The SMILES string of the molecule is CN(C)S(=O)(=O)c1ccc(C(=O)NCCCC(C)(C)C)cc1. The second-order valence-electron chi connectivity index (χ2n) is 6.73. The summed E-state index contributed by atoms with van der Waals surface area (Å²) in [5.41, 5.74) is 0.723. The third-order valence-corrected chi connectivity index (χ3v) is 5.11. The quantitative estimate of drug-likeness (QED) is 0.817. The molecule has 0 spiro atoms. The smallest absolute Gasteiger partial charge is 0.251 e. The van der Waals surface area contributed by atoms with Gasteiger partial charge in [-0.15, -0.1) is 0 Å². The summed E-state index contributed by atoms with van der Waals surface area (Å²) in [6, 6.07) is 5.99. The molecular weight excluding hydrogens is 300 g/mol. The summed E-state index contributed by atoms with van der Waals surface area (Å²) in [7, 11) is -0.500. The fraction of sp³-hybridized carbons (Fsp3) is 0.562. The van der Waals surface area contributed by atoms with Gasteiger partial charge in [-0.1, -0.05) is 20.8 Å². The van der Waals surface area contributed by atoms with E-state index in [1.165, 1.54) is 38.4 Å². The van der Waals surface area contributed by atoms with Gasteiger partial charge in [-0.05, 0) is 42.5 Å². The van der Waals surface area contributed by atoms with Crippen LogP contribution in [0.15, 0.2) is 29.2 Å². The van der Waals surface area contributed by atoms with E-state index in [-0.39, 0.29) is 16.2 Å². The van der Waals surface area contributed by atoms with Gasteiger partial charge < -0.3 is 5.32 Å². The highest BCUT2D eigenvalue weighted by Crippen LogP contribution is 2.20. The first-order valence-corrected chi connectivity index (χ1v) is 8.79. The number of nitrogens with zero attached hydrogens (tertiary/aromatic N) is 1. The molecule has 1 rings (SSSR count). The van der Waals surface area contributed by atoms with Crippen molar-refractivity contribution in [3.63, 3.8) is 0 Å². The minimum Gasteiger partial charge on any atom is -0.352 e. The molecule has 0 fully saturated rings. The molecule has 6 heteroatoms. The van der Waals surface area contributed by atoms with Crippen molar-refractivity contribution >= 4 is 15.9 Å². The van der Waals surface area contributed by atoms with Gasteiger partial charge in [0.05, 0.1) is 4.90 Å². The van der Waals surface area contributed by atoms with Crippen LogP contribution in [0.3, 0.4) is 0 Å². The van der Waals surface area contributed by atoms with Crippen molar-refractivity contribution in [3.8, 4) is 0 Å². The molecule has 0 radical (unpaired) electrons. The third kappa shape index (κ3) is 5.42. The number of nitrogens with one attached hydrogen (secondary N) is 1. The highest BCUT2D eigenvalue weighted by Gasteiger charge is 2.17. The van der Waals surface area contributed by atoms with Gasteiger partial charge in [-0.3, -0.25) is 4.79 Å². The monoisotopic (exact) mass is 326 g/mol. The maximum Gasteiger partial charge on any atom is 0.251 e. The van der Waals surface area contributed by atoms with E-state index < -0.39 is 10.0 Å². The van der Waals surface area contributed by atoms with E-state index in [4.69, 9.17) is 0 Å². The predicted molar refractivity (Wildman–Crippen MR) is 88.3 cm³/mol. The Bertz CT molecular complexity index is 599. The summed E-state index contributed by atoms with van der Waals surface area (Å²) in [4.78, 5) is 12.2. The predicted octanol–water partition coefficient (Wildman–Crippen LogP) is 2.49. The second-order valence-corrected chi connectivity index (χ2v) is 8.88. The van der Waals surface area contributed by atoms with E-state index in [0.717, 1.165) is 17.1 Å². The zero-order valence-corrected chi connectivity index (χ0v) is 14.8. The van der Waals surface area contributed by atoms with E-state index in [1.807, 2.05) is 0 Å². The van der Waals surface area contributed by atoms with Crippen LogP contribution in [-0.2, 0) is 10.0 Å². The number of carbonyl (C=O) groups excluding carboxylic acids is 1. The summed E-state index contributed by atoms with van der Waals surface area (Å²) < 4.78 is 25.0. The van der Waals surface area contributed by atoms with E-state index in [9.17, 15) is 13.2 Å². The highest BCUT2D eigenvalue weighted by molar-refractivity contribution is 7.89. The Balaban J connectivity index is 2.62.